The van der Waals surface area contributed by atoms with Crippen LogP contribution in [0.2, 0.25) is 0 Å². The van der Waals surface area contributed by atoms with E-state index in [0.717, 1.165) is 25.9 Å². The number of amides is 1. The van der Waals surface area contributed by atoms with Crippen molar-refractivity contribution in [3.63, 3.8) is 0 Å². The smallest absolute Gasteiger partial charge is 0.251 e. The van der Waals surface area contributed by atoms with E-state index < -0.39 is 0 Å². The topological polar surface area (TPSA) is 71.5 Å². The molecule has 2 unspecified atom stereocenters. The van der Waals surface area contributed by atoms with Crippen LogP contribution in [0.3, 0.4) is 0 Å². The molecule has 3 saturated heterocycles. The average molecular weight is 379 g/mol. The second-order valence-corrected chi connectivity index (χ2v) is 7.68. The van der Waals surface area contributed by atoms with Gasteiger partial charge in [-0.1, -0.05) is 0 Å². The number of rotatable bonds is 5. The summed E-state index contributed by atoms with van der Waals surface area (Å²) in [7, 11) is 0. The van der Waals surface area contributed by atoms with Gasteiger partial charge in [0.2, 0.25) is 5.88 Å². The van der Waals surface area contributed by atoms with E-state index in [-0.39, 0.29) is 17.7 Å². The highest BCUT2D eigenvalue weighted by Crippen LogP contribution is 2.32. The molecule has 5 rings (SSSR count). The summed E-state index contributed by atoms with van der Waals surface area (Å²) < 4.78 is 5.71. The maximum atomic E-state index is 12.7. The standard InChI is InChI=1S/C22H25N3O3/c1-14-21(16-8-11-25(14)12-9-16)24-22(27)17-3-5-19(6-4-17)28-20-13-18(15(2)26)7-10-23-20/h3-7,10,13-14,16,21H,8-9,11-12H2,1-2H3,(H,24,27). The van der Waals surface area contributed by atoms with Crippen LogP contribution in [0.25, 0.3) is 0 Å². The maximum Gasteiger partial charge on any atom is 0.251 e. The van der Waals surface area contributed by atoms with Gasteiger partial charge in [-0.2, -0.15) is 0 Å². The predicted molar refractivity (Wildman–Crippen MR) is 106 cm³/mol. The van der Waals surface area contributed by atoms with Crippen LogP contribution in [0.15, 0.2) is 42.6 Å². The molecule has 0 spiro atoms. The van der Waals surface area contributed by atoms with Gasteiger partial charge in [0.05, 0.1) is 0 Å². The second-order valence-electron chi connectivity index (χ2n) is 7.68. The molecule has 4 heterocycles. The molecule has 0 saturated carbocycles. The number of ether oxygens (including phenoxy) is 1. The van der Waals surface area contributed by atoms with Gasteiger partial charge in [-0.25, -0.2) is 4.98 Å². The Morgan fingerprint density at radius 3 is 2.46 bits per heavy atom. The molecule has 1 amide bonds. The van der Waals surface area contributed by atoms with Crippen LogP contribution >= 0.6 is 0 Å². The Labute approximate surface area is 164 Å². The third kappa shape index (κ3) is 3.78. The van der Waals surface area contributed by atoms with Crippen LogP contribution in [0.4, 0.5) is 0 Å². The number of carbonyl (C=O) groups is 2. The number of carbonyl (C=O) groups excluding carboxylic acids is 2. The molecule has 0 radical (unpaired) electrons. The Morgan fingerprint density at radius 1 is 1.11 bits per heavy atom. The highest BCUT2D eigenvalue weighted by Gasteiger charge is 2.40. The van der Waals surface area contributed by atoms with E-state index >= 15 is 0 Å². The largest absolute Gasteiger partial charge is 0.439 e. The van der Waals surface area contributed by atoms with Crippen molar-refractivity contribution in [1.29, 1.82) is 0 Å². The van der Waals surface area contributed by atoms with Crippen molar-refractivity contribution in [2.24, 2.45) is 5.92 Å². The SMILES string of the molecule is CC(=O)c1ccnc(Oc2ccc(C(=O)NC3C4CCN(CC4)C3C)cc2)c1. The summed E-state index contributed by atoms with van der Waals surface area (Å²) in [5.74, 6) is 1.41. The number of Topliss-reactive ketones (excluding diaryl/α,β-unsaturated/α-hetero) is 1. The molecule has 6 heteroatoms. The van der Waals surface area contributed by atoms with E-state index in [4.69, 9.17) is 4.74 Å². The van der Waals surface area contributed by atoms with Gasteiger partial charge in [0.15, 0.2) is 5.78 Å². The molecule has 2 aromatic rings. The normalized spacial score (nSPS) is 25.9. The molecule has 3 aliphatic rings. The molecule has 0 aliphatic carbocycles. The number of fused-ring (bicyclic) bond motifs is 3. The lowest BCUT2D eigenvalue weighted by molar-refractivity contribution is 0.0217. The van der Waals surface area contributed by atoms with Gasteiger partial charge in [0.1, 0.15) is 5.75 Å². The van der Waals surface area contributed by atoms with E-state index in [0.29, 0.717) is 34.7 Å². The fourth-order valence-corrected chi connectivity index (χ4v) is 4.26. The molecule has 1 aromatic heterocycles. The molecule has 2 atom stereocenters. The predicted octanol–water partition coefficient (Wildman–Crippen LogP) is 3.29. The molecule has 28 heavy (non-hydrogen) atoms. The minimum absolute atomic E-state index is 0.0405. The second kappa shape index (κ2) is 7.72. The van der Waals surface area contributed by atoms with E-state index in [1.54, 1.807) is 42.6 Å². The summed E-state index contributed by atoms with van der Waals surface area (Å²) in [4.78, 5) is 30.8. The Hall–Kier alpha value is -2.73. The Bertz CT molecular complexity index is 871. The van der Waals surface area contributed by atoms with Crippen molar-refractivity contribution in [2.75, 3.05) is 13.1 Å². The number of piperidine rings is 3. The molecule has 146 valence electrons. The summed E-state index contributed by atoms with van der Waals surface area (Å²) in [6, 6.07) is 10.9. The zero-order chi connectivity index (χ0) is 19.7. The van der Waals surface area contributed by atoms with E-state index in [9.17, 15) is 9.59 Å². The van der Waals surface area contributed by atoms with Crippen molar-refractivity contribution >= 4 is 11.7 Å². The maximum absolute atomic E-state index is 12.7. The molecule has 3 aliphatic heterocycles. The Morgan fingerprint density at radius 2 is 1.82 bits per heavy atom. The lowest BCUT2D eigenvalue weighted by atomic mass is 9.79. The van der Waals surface area contributed by atoms with Crippen molar-refractivity contribution in [1.82, 2.24) is 15.2 Å². The first-order chi connectivity index (χ1) is 13.5. The monoisotopic (exact) mass is 379 g/mol. The summed E-state index contributed by atoms with van der Waals surface area (Å²) in [6.07, 6.45) is 3.87. The first-order valence-corrected chi connectivity index (χ1v) is 9.81. The summed E-state index contributed by atoms with van der Waals surface area (Å²) >= 11 is 0. The van der Waals surface area contributed by atoms with E-state index in [2.05, 4.69) is 22.1 Å². The van der Waals surface area contributed by atoms with Crippen LogP contribution in [-0.2, 0) is 0 Å². The molecular formula is C22H25N3O3. The minimum atomic E-state index is -0.0474. The first-order valence-electron chi connectivity index (χ1n) is 9.81. The fourth-order valence-electron chi connectivity index (χ4n) is 4.26. The molecule has 6 nitrogen and oxygen atoms in total. The zero-order valence-electron chi connectivity index (χ0n) is 16.2. The van der Waals surface area contributed by atoms with Gasteiger partial charge < -0.3 is 10.1 Å². The average Bonchev–Trinajstić information content (AvgIpc) is 2.71. The van der Waals surface area contributed by atoms with Crippen molar-refractivity contribution in [3.8, 4) is 11.6 Å². The zero-order valence-corrected chi connectivity index (χ0v) is 16.2. The van der Waals surface area contributed by atoms with Crippen LogP contribution in [-0.4, -0.2) is 46.7 Å². The quantitative estimate of drug-likeness (QED) is 0.807. The number of pyridine rings is 1. The van der Waals surface area contributed by atoms with Gasteiger partial charge in [0.25, 0.3) is 5.91 Å². The van der Waals surface area contributed by atoms with Crippen molar-refractivity contribution < 1.29 is 14.3 Å². The van der Waals surface area contributed by atoms with Crippen molar-refractivity contribution in [2.45, 2.75) is 38.8 Å². The number of ketones is 1. The lowest BCUT2D eigenvalue weighted by Gasteiger charge is -2.49. The lowest BCUT2D eigenvalue weighted by Crippen LogP contribution is -2.62. The highest BCUT2D eigenvalue weighted by molar-refractivity contribution is 5.95. The first kappa shape index (κ1) is 18.6. The minimum Gasteiger partial charge on any atom is -0.439 e. The molecule has 3 fully saturated rings. The van der Waals surface area contributed by atoms with Crippen molar-refractivity contribution in [3.05, 3.63) is 53.7 Å². The molecule has 1 aromatic carbocycles. The number of nitrogens with one attached hydrogen (secondary N) is 1. The van der Waals surface area contributed by atoms with Gasteiger partial charge >= 0.3 is 0 Å². The summed E-state index contributed by atoms with van der Waals surface area (Å²) in [6.45, 7) is 5.99. The van der Waals surface area contributed by atoms with E-state index in [1.807, 2.05) is 0 Å². The van der Waals surface area contributed by atoms with E-state index in [1.165, 1.54) is 6.92 Å². The molecule has 2 bridgehead atoms. The third-order valence-electron chi connectivity index (χ3n) is 5.96. The Balaban J connectivity index is 1.41. The van der Waals surface area contributed by atoms with Gasteiger partial charge in [-0.05, 0) is 76.0 Å². The highest BCUT2D eigenvalue weighted by atomic mass is 16.5. The molecular weight excluding hydrogens is 354 g/mol. The van der Waals surface area contributed by atoms with Crippen LogP contribution in [0, 0.1) is 5.92 Å². The number of nitrogens with zero attached hydrogens (tertiary/aromatic N) is 2. The van der Waals surface area contributed by atoms with Crippen LogP contribution in [0.1, 0.15) is 47.4 Å². The van der Waals surface area contributed by atoms with Gasteiger partial charge in [0, 0.05) is 35.5 Å². The number of benzene rings is 1. The summed E-state index contributed by atoms with van der Waals surface area (Å²) in [5, 5.41) is 3.23. The number of hydrogen-bond donors (Lipinski definition) is 1. The Kier molecular flexibility index (Phi) is 5.13. The number of hydrogen-bond acceptors (Lipinski definition) is 5. The molecule has 1 N–H and O–H groups in total. The van der Waals surface area contributed by atoms with Gasteiger partial charge in [-0.3, -0.25) is 14.5 Å². The van der Waals surface area contributed by atoms with Crippen LogP contribution in [0.5, 0.6) is 11.6 Å². The van der Waals surface area contributed by atoms with Gasteiger partial charge in [-0.15, -0.1) is 0 Å². The summed E-state index contributed by atoms with van der Waals surface area (Å²) in [5.41, 5.74) is 1.16. The fraction of sp³-hybridized carbons (Fsp3) is 0.409. The number of aromatic nitrogens is 1. The third-order valence-corrected chi connectivity index (χ3v) is 5.96. The van der Waals surface area contributed by atoms with Crippen LogP contribution < -0.4 is 10.1 Å².